The molecule has 0 spiro atoms. The molecule has 1 aromatic heterocycles. The van der Waals surface area contributed by atoms with Crippen LogP contribution in [0.1, 0.15) is 23.3 Å². The Morgan fingerprint density at radius 3 is 3.33 bits per heavy atom. The van der Waals surface area contributed by atoms with E-state index in [1.54, 1.807) is 18.3 Å². The summed E-state index contributed by atoms with van der Waals surface area (Å²) in [5, 5.41) is 0. The van der Waals surface area contributed by atoms with E-state index in [0.717, 1.165) is 6.42 Å². The standard InChI is InChI=1S/C9H9NO2/c11-7-3-2-6-12-8-4-1-5-10-9(7)8/h1,4-5H,2-3,6H2. The fourth-order valence-electron chi connectivity index (χ4n) is 1.25. The molecule has 0 amide bonds. The molecule has 0 unspecified atom stereocenters. The van der Waals surface area contributed by atoms with Crippen molar-refractivity contribution < 1.29 is 9.53 Å². The van der Waals surface area contributed by atoms with Crippen LogP contribution >= 0.6 is 0 Å². The molecule has 0 bridgehead atoms. The second kappa shape index (κ2) is 2.93. The van der Waals surface area contributed by atoms with Crippen LogP contribution in [0.15, 0.2) is 18.3 Å². The van der Waals surface area contributed by atoms with E-state index >= 15 is 0 Å². The third-order valence-corrected chi connectivity index (χ3v) is 1.84. The Morgan fingerprint density at radius 1 is 1.50 bits per heavy atom. The zero-order valence-electron chi connectivity index (χ0n) is 6.62. The zero-order valence-corrected chi connectivity index (χ0v) is 6.62. The van der Waals surface area contributed by atoms with Crippen LogP contribution in [0, 0.1) is 0 Å². The highest BCUT2D eigenvalue weighted by Gasteiger charge is 2.16. The number of nitrogens with zero attached hydrogens (tertiary/aromatic N) is 1. The summed E-state index contributed by atoms with van der Waals surface area (Å²) >= 11 is 0. The maximum absolute atomic E-state index is 11.4. The molecular weight excluding hydrogens is 154 g/mol. The molecule has 0 fully saturated rings. The number of ketones is 1. The van der Waals surface area contributed by atoms with Crippen molar-refractivity contribution >= 4 is 5.78 Å². The number of aromatic nitrogens is 1. The maximum atomic E-state index is 11.4. The van der Waals surface area contributed by atoms with E-state index in [4.69, 9.17) is 4.74 Å². The van der Waals surface area contributed by atoms with E-state index < -0.39 is 0 Å². The van der Waals surface area contributed by atoms with Gasteiger partial charge in [-0.15, -0.1) is 0 Å². The molecule has 12 heavy (non-hydrogen) atoms. The van der Waals surface area contributed by atoms with E-state index in [1.807, 2.05) is 0 Å². The first-order valence-electron chi connectivity index (χ1n) is 3.99. The summed E-state index contributed by atoms with van der Waals surface area (Å²) in [5.74, 6) is 0.711. The third kappa shape index (κ3) is 1.18. The number of carbonyl (C=O) groups is 1. The smallest absolute Gasteiger partial charge is 0.185 e. The van der Waals surface area contributed by atoms with Gasteiger partial charge in [0.2, 0.25) is 0 Å². The molecular formula is C9H9NO2. The molecule has 0 saturated carbocycles. The van der Waals surface area contributed by atoms with Crippen molar-refractivity contribution in [3.8, 4) is 5.75 Å². The number of hydrogen-bond acceptors (Lipinski definition) is 3. The van der Waals surface area contributed by atoms with Gasteiger partial charge in [-0.2, -0.15) is 0 Å². The highest BCUT2D eigenvalue weighted by Crippen LogP contribution is 2.20. The van der Waals surface area contributed by atoms with Gasteiger partial charge in [0.05, 0.1) is 6.61 Å². The zero-order chi connectivity index (χ0) is 8.39. The molecule has 3 heteroatoms. The lowest BCUT2D eigenvalue weighted by atomic mass is 10.1. The molecule has 0 saturated heterocycles. The Bertz CT molecular complexity index is 309. The molecule has 62 valence electrons. The lowest BCUT2D eigenvalue weighted by Crippen LogP contribution is -1.99. The van der Waals surface area contributed by atoms with E-state index in [0.29, 0.717) is 24.5 Å². The monoisotopic (exact) mass is 163 g/mol. The van der Waals surface area contributed by atoms with Crippen molar-refractivity contribution in [2.45, 2.75) is 12.8 Å². The van der Waals surface area contributed by atoms with Gasteiger partial charge in [0.25, 0.3) is 0 Å². The maximum Gasteiger partial charge on any atom is 0.185 e. The van der Waals surface area contributed by atoms with Gasteiger partial charge in [-0.1, -0.05) is 0 Å². The molecule has 2 heterocycles. The first-order valence-corrected chi connectivity index (χ1v) is 3.99. The summed E-state index contributed by atoms with van der Waals surface area (Å²) in [5.41, 5.74) is 0.481. The van der Waals surface area contributed by atoms with Gasteiger partial charge in [-0.25, -0.2) is 4.98 Å². The number of rotatable bonds is 0. The van der Waals surface area contributed by atoms with Crippen LogP contribution in [-0.4, -0.2) is 17.4 Å². The number of fused-ring (bicyclic) bond motifs is 1. The SMILES string of the molecule is O=C1CCCOc2cccnc21. The summed E-state index contributed by atoms with van der Waals surface area (Å²) in [6, 6.07) is 3.56. The minimum absolute atomic E-state index is 0.0862. The van der Waals surface area contributed by atoms with E-state index in [2.05, 4.69) is 4.98 Å². The van der Waals surface area contributed by atoms with Crippen molar-refractivity contribution in [1.29, 1.82) is 0 Å². The van der Waals surface area contributed by atoms with Crippen LogP contribution < -0.4 is 4.74 Å². The highest BCUT2D eigenvalue weighted by molar-refractivity contribution is 5.96. The van der Waals surface area contributed by atoms with Gasteiger partial charge < -0.3 is 4.74 Å². The predicted molar refractivity (Wildman–Crippen MR) is 43.3 cm³/mol. The average Bonchev–Trinajstić information content (AvgIpc) is 2.29. The van der Waals surface area contributed by atoms with Crippen molar-refractivity contribution in [3.63, 3.8) is 0 Å². The van der Waals surface area contributed by atoms with Crippen molar-refractivity contribution in [1.82, 2.24) is 4.98 Å². The predicted octanol–water partition coefficient (Wildman–Crippen LogP) is 1.44. The van der Waals surface area contributed by atoms with E-state index in [-0.39, 0.29) is 5.78 Å². The van der Waals surface area contributed by atoms with Gasteiger partial charge >= 0.3 is 0 Å². The Balaban J connectivity index is 2.46. The Kier molecular flexibility index (Phi) is 1.78. The highest BCUT2D eigenvalue weighted by atomic mass is 16.5. The molecule has 1 aliphatic heterocycles. The molecule has 2 rings (SSSR count). The number of carbonyl (C=O) groups excluding carboxylic acids is 1. The van der Waals surface area contributed by atoms with Crippen LogP contribution in [0.25, 0.3) is 0 Å². The quantitative estimate of drug-likeness (QED) is 0.580. The summed E-state index contributed by atoms with van der Waals surface area (Å²) in [4.78, 5) is 15.3. The lowest BCUT2D eigenvalue weighted by molar-refractivity contribution is 0.0978. The van der Waals surface area contributed by atoms with Crippen LogP contribution in [0.2, 0.25) is 0 Å². The van der Waals surface area contributed by atoms with Crippen LogP contribution in [-0.2, 0) is 0 Å². The van der Waals surface area contributed by atoms with Gasteiger partial charge in [-0.05, 0) is 18.6 Å². The average molecular weight is 163 g/mol. The summed E-state index contributed by atoms with van der Waals surface area (Å²) in [7, 11) is 0. The third-order valence-electron chi connectivity index (χ3n) is 1.84. The molecule has 3 nitrogen and oxygen atoms in total. The molecule has 1 aromatic rings. The summed E-state index contributed by atoms with van der Waals surface area (Å²) in [6.45, 7) is 0.616. The largest absolute Gasteiger partial charge is 0.491 e. The first kappa shape index (κ1) is 7.28. The second-order valence-corrected chi connectivity index (χ2v) is 2.73. The lowest BCUT2D eigenvalue weighted by Gasteiger charge is -2.02. The van der Waals surface area contributed by atoms with Crippen LogP contribution in [0.5, 0.6) is 5.75 Å². The number of pyridine rings is 1. The second-order valence-electron chi connectivity index (χ2n) is 2.73. The van der Waals surface area contributed by atoms with Crippen molar-refractivity contribution in [2.24, 2.45) is 0 Å². The van der Waals surface area contributed by atoms with Crippen LogP contribution in [0.3, 0.4) is 0 Å². The topological polar surface area (TPSA) is 39.2 Å². The molecule has 1 aliphatic rings. The van der Waals surface area contributed by atoms with Crippen molar-refractivity contribution in [2.75, 3.05) is 6.61 Å². The van der Waals surface area contributed by atoms with E-state index in [1.165, 1.54) is 0 Å². The Hall–Kier alpha value is -1.38. The fourth-order valence-corrected chi connectivity index (χ4v) is 1.25. The number of ether oxygens (including phenoxy) is 1. The Labute approximate surface area is 70.4 Å². The van der Waals surface area contributed by atoms with Gasteiger partial charge in [0.1, 0.15) is 11.4 Å². The fraction of sp³-hybridized carbons (Fsp3) is 0.333. The van der Waals surface area contributed by atoms with E-state index in [9.17, 15) is 4.79 Å². The number of Topliss-reactive ketones (excluding diaryl/α,β-unsaturated/α-hetero) is 1. The molecule has 0 aromatic carbocycles. The van der Waals surface area contributed by atoms with Crippen LogP contribution in [0.4, 0.5) is 0 Å². The van der Waals surface area contributed by atoms with Gasteiger partial charge in [0, 0.05) is 12.6 Å². The molecule has 0 atom stereocenters. The number of hydrogen-bond donors (Lipinski definition) is 0. The minimum Gasteiger partial charge on any atom is -0.491 e. The minimum atomic E-state index is 0.0862. The summed E-state index contributed by atoms with van der Waals surface area (Å²) < 4.78 is 5.34. The summed E-state index contributed by atoms with van der Waals surface area (Å²) in [6.07, 6.45) is 2.95. The molecule has 0 aliphatic carbocycles. The molecule has 0 N–H and O–H groups in total. The molecule has 0 radical (unpaired) electrons. The van der Waals surface area contributed by atoms with Gasteiger partial charge in [0.15, 0.2) is 5.78 Å². The first-order chi connectivity index (χ1) is 5.88. The normalized spacial score (nSPS) is 16.2. The van der Waals surface area contributed by atoms with Gasteiger partial charge in [-0.3, -0.25) is 4.79 Å². The van der Waals surface area contributed by atoms with Crippen molar-refractivity contribution in [3.05, 3.63) is 24.0 Å². The Morgan fingerprint density at radius 2 is 2.42 bits per heavy atom.